The van der Waals surface area contributed by atoms with E-state index in [1.807, 2.05) is 0 Å². The molecule has 1 heterocycles. The van der Waals surface area contributed by atoms with Crippen molar-refractivity contribution in [2.75, 3.05) is 12.3 Å². The van der Waals surface area contributed by atoms with Crippen LogP contribution in [0.25, 0.3) is 0 Å². The van der Waals surface area contributed by atoms with E-state index in [0.29, 0.717) is 19.4 Å². The van der Waals surface area contributed by atoms with Crippen LogP contribution < -0.4 is 15.4 Å². The van der Waals surface area contributed by atoms with Crippen LogP contribution in [0.1, 0.15) is 218 Å². The number of aryl methyl sites for hydroxylation is 1. The summed E-state index contributed by atoms with van der Waals surface area (Å²) in [4.78, 5) is 83.7. The summed E-state index contributed by atoms with van der Waals surface area (Å²) in [5.41, 5.74) is 0. The largest absolute Gasteiger partial charge is 0.481 e. The number of unbranched alkanes of at least 4 members (excludes halogenated alkanes) is 20. The van der Waals surface area contributed by atoms with Crippen LogP contribution in [0.15, 0.2) is 0 Å². The van der Waals surface area contributed by atoms with Gasteiger partial charge in [0.15, 0.2) is 5.82 Å². The van der Waals surface area contributed by atoms with Gasteiger partial charge in [-0.2, -0.15) is 5.21 Å². The first-order valence-electron chi connectivity index (χ1n) is 24.5. The summed E-state index contributed by atoms with van der Waals surface area (Å²) < 4.78 is 26.8. The molecule has 0 saturated carbocycles. The summed E-state index contributed by atoms with van der Waals surface area (Å²) in [5.74, 6) is -4.61. The third-order valence-electron chi connectivity index (χ3n) is 11.5. The van der Waals surface area contributed by atoms with Gasteiger partial charge in [0.2, 0.25) is 27.7 Å². The zero-order valence-corrected chi connectivity index (χ0v) is 40.0. The van der Waals surface area contributed by atoms with Crippen LogP contribution in [0.4, 0.5) is 0 Å². The van der Waals surface area contributed by atoms with Gasteiger partial charge in [-0.15, -0.1) is 10.2 Å². The quantitative estimate of drug-likeness (QED) is 0.0352. The number of carbonyl (C=O) groups excluding carboxylic acids is 5. The molecule has 0 aromatic carbocycles. The molecule has 3 amide bonds. The van der Waals surface area contributed by atoms with Crippen molar-refractivity contribution in [3.8, 4) is 0 Å². The number of aromatic nitrogens is 4. The number of carboxylic acid groups (broad SMARTS) is 2. The van der Waals surface area contributed by atoms with Crippen LogP contribution in [0.2, 0.25) is 0 Å². The lowest BCUT2D eigenvalue weighted by atomic mass is 9.94. The SMILES string of the molecule is CCC(=O)CCC(NC(=O)CC[C@H](CC(=O)CCCCCCCCCCCNC(=O)CCCS(=O)(=O)NC(=O)CCCCCCCCCCCCCCCc1nn[nH]n1)C(=O)O)C(=O)O. The Bertz CT molecular complexity index is 1610. The summed E-state index contributed by atoms with van der Waals surface area (Å²) in [7, 11) is -3.78. The average Bonchev–Trinajstić information content (AvgIpc) is 3.78. The van der Waals surface area contributed by atoms with Crippen LogP contribution in [0.3, 0.4) is 0 Å². The Morgan fingerprint density at radius 1 is 0.569 bits per heavy atom. The van der Waals surface area contributed by atoms with Crippen LogP contribution in [-0.4, -0.2) is 98.8 Å². The van der Waals surface area contributed by atoms with Crippen LogP contribution >= 0.6 is 0 Å². The minimum Gasteiger partial charge on any atom is -0.481 e. The van der Waals surface area contributed by atoms with Gasteiger partial charge >= 0.3 is 11.9 Å². The van der Waals surface area contributed by atoms with Gasteiger partial charge < -0.3 is 20.8 Å². The average molecular weight is 940 g/mol. The molecule has 1 unspecified atom stereocenters. The van der Waals surface area contributed by atoms with E-state index in [1.165, 1.54) is 51.4 Å². The zero-order chi connectivity index (χ0) is 48.0. The van der Waals surface area contributed by atoms with Crippen LogP contribution in [0, 0.1) is 5.92 Å². The molecule has 0 aliphatic heterocycles. The van der Waals surface area contributed by atoms with E-state index in [0.717, 1.165) is 89.3 Å². The number of hydrogen-bond donors (Lipinski definition) is 6. The van der Waals surface area contributed by atoms with Crippen molar-refractivity contribution >= 4 is 51.2 Å². The number of nitrogens with one attached hydrogen (secondary N) is 4. The fraction of sp³-hybridized carbons (Fsp3) is 0.826. The lowest BCUT2D eigenvalue weighted by Crippen LogP contribution is -2.41. The second kappa shape index (κ2) is 37.9. The Kier molecular flexibility index (Phi) is 34.2. The molecule has 0 bridgehead atoms. The normalized spacial score (nSPS) is 12.3. The highest BCUT2D eigenvalue weighted by molar-refractivity contribution is 7.90. The number of amides is 3. The number of carbonyl (C=O) groups is 7. The van der Waals surface area contributed by atoms with E-state index in [4.69, 9.17) is 0 Å². The van der Waals surface area contributed by atoms with E-state index in [9.17, 15) is 52.2 Å². The Morgan fingerprint density at radius 2 is 1.09 bits per heavy atom. The highest BCUT2D eigenvalue weighted by Crippen LogP contribution is 2.17. The second-order valence-corrected chi connectivity index (χ2v) is 19.2. The summed E-state index contributed by atoms with van der Waals surface area (Å²) >= 11 is 0. The fourth-order valence-electron chi connectivity index (χ4n) is 7.50. The van der Waals surface area contributed by atoms with E-state index in [1.54, 1.807) is 6.92 Å². The molecule has 0 spiro atoms. The lowest BCUT2D eigenvalue weighted by Gasteiger charge is -2.15. The Hall–Kier alpha value is -4.29. The monoisotopic (exact) mass is 940 g/mol. The van der Waals surface area contributed by atoms with Gasteiger partial charge in [0.25, 0.3) is 0 Å². The van der Waals surface area contributed by atoms with Crippen LogP contribution in [0.5, 0.6) is 0 Å². The summed E-state index contributed by atoms with van der Waals surface area (Å²) in [6.07, 6.45) is 24.3. The van der Waals surface area contributed by atoms with Gasteiger partial charge in [0.1, 0.15) is 17.6 Å². The lowest BCUT2D eigenvalue weighted by molar-refractivity contribution is -0.145. The van der Waals surface area contributed by atoms with Crippen molar-refractivity contribution in [1.82, 2.24) is 36.0 Å². The molecule has 1 rings (SSSR count). The molecule has 1 aromatic rings. The van der Waals surface area contributed by atoms with Crippen molar-refractivity contribution < 1.29 is 52.2 Å². The molecule has 0 fully saturated rings. The standard InChI is InChI=1S/C46H81N7O11S/c1-2-38(54)31-32-40(46(61)62)48-43(57)33-30-37(45(59)60)36-39(55)26-21-17-13-9-8-12-16-20-24-34-47-42(56)29-25-35-65(63,64)51-44(58)28-23-19-15-11-7-5-3-4-6-10-14-18-22-27-41-49-52-53-50-41/h37,40H,2-36H2,1H3,(H,47,56)(H,48,57)(H,51,58)(H,59,60)(H,61,62)(H,49,50,52,53)/t37-,40?/m1/s1. The van der Waals surface area contributed by atoms with Crippen LogP contribution in [-0.2, 0) is 50.0 Å². The maximum absolute atomic E-state index is 12.4. The fourth-order valence-corrected chi connectivity index (χ4v) is 8.58. The molecular formula is C46H81N7O11S. The predicted molar refractivity (Wildman–Crippen MR) is 247 cm³/mol. The van der Waals surface area contributed by atoms with Crippen molar-refractivity contribution in [3.05, 3.63) is 5.82 Å². The number of tetrazole rings is 1. The van der Waals surface area contributed by atoms with Gasteiger partial charge in [-0.25, -0.2) is 13.2 Å². The molecule has 19 heteroatoms. The molecule has 65 heavy (non-hydrogen) atoms. The topological polar surface area (TPSA) is 285 Å². The number of sulfonamides is 1. The predicted octanol–water partition coefficient (Wildman–Crippen LogP) is 7.22. The number of nitrogens with zero attached hydrogens (tertiary/aromatic N) is 3. The summed E-state index contributed by atoms with van der Waals surface area (Å²) in [6, 6.07) is -1.24. The van der Waals surface area contributed by atoms with Gasteiger partial charge in [0, 0.05) is 57.9 Å². The first-order chi connectivity index (χ1) is 31.2. The number of aromatic amines is 1. The van der Waals surface area contributed by atoms with Gasteiger partial charge in [-0.1, -0.05) is 128 Å². The zero-order valence-electron chi connectivity index (χ0n) is 39.2. The minimum absolute atomic E-state index is 0.0202. The number of ketones is 2. The molecule has 0 radical (unpaired) electrons. The number of rotatable bonds is 45. The van der Waals surface area contributed by atoms with Crippen molar-refractivity contribution in [2.45, 2.75) is 225 Å². The molecule has 0 aliphatic rings. The highest BCUT2D eigenvalue weighted by Gasteiger charge is 2.25. The molecular weight excluding hydrogens is 859 g/mol. The molecule has 372 valence electrons. The Morgan fingerprint density at radius 3 is 1.62 bits per heavy atom. The third kappa shape index (κ3) is 34.7. The van der Waals surface area contributed by atoms with E-state index in [-0.39, 0.29) is 87.4 Å². The van der Waals surface area contributed by atoms with Gasteiger partial charge in [-0.05, 0) is 44.9 Å². The first-order valence-corrected chi connectivity index (χ1v) is 26.2. The van der Waals surface area contributed by atoms with E-state index < -0.39 is 45.7 Å². The highest BCUT2D eigenvalue weighted by atomic mass is 32.2. The smallest absolute Gasteiger partial charge is 0.326 e. The van der Waals surface area contributed by atoms with E-state index in [2.05, 4.69) is 36.0 Å². The van der Waals surface area contributed by atoms with Gasteiger partial charge in [0.05, 0.1) is 11.7 Å². The van der Waals surface area contributed by atoms with Gasteiger partial charge in [-0.3, -0.25) is 33.5 Å². The number of carboxylic acids is 2. The second-order valence-electron chi connectivity index (χ2n) is 17.4. The van der Waals surface area contributed by atoms with Crippen molar-refractivity contribution in [1.29, 1.82) is 0 Å². The van der Waals surface area contributed by atoms with Crippen molar-refractivity contribution in [2.24, 2.45) is 5.92 Å². The Labute approximate surface area is 387 Å². The Balaban J connectivity index is 1.96. The number of aliphatic carboxylic acids is 2. The molecule has 2 atom stereocenters. The summed E-state index contributed by atoms with van der Waals surface area (Å²) in [6.45, 7) is 2.18. The maximum Gasteiger partial charge on any atom is 0.326 e. The first kappa shape index (κ1) is 58.7. The third-order valence-corrected chi connectivity index (χ3v) is 12.9. The number of Topliss-reactive ketones (excluding diaryl/α,β-unsaturated/α-hetero) is 2. The minimum atomic E-state index is -3.78. The molecule has 0 saturated heterocycles. The molecule has 18 nitrogen and oxygen atoms in total. The molecule has 6 N–H and O–H groups in total. The maximum atomic E-state index is 12.4. The van der Waals surface area contributed by atoms with E-state index >= 15 is 0 Å². The molecule has 1 aromatic heterocycles. The van der Waals surface area contributed by atoms with Crippen molar-refractivity contribution in [3.63, 3.8) is 0 Å². The number of H-pyrrole nitrogens is 1. The number of hydrogen-bond acceptors (Lipinski definition) is 12. The molecule has 0 aliphatic carbocycles. The summed E-state index contributed by atoms with van der Waals surface area (Å²) in [5, 5.41) is 38.0.